The van der Waals surface area contributed by atoms with Crippen molar-refractivity contribution in [1.82, 2.24) is 13.5 Å². The fourth-order valence-corrected chi connectivity index (χ4v) is 8.25. The van der Waals surface area contributed by atoms with Gasteiger partial charge in [0.2, 0.25) is 20.0 Å². The summed E-state index contributed by atoms with van der Waals surface area (Å²) in [5.74, 6) is -0.588. The molecule has 0 amide bonds. The number of aliphatic hydroxyl groups excluding tert-OH is 1. The molecule has 41 heavy (non-hydrogen) atoms. The molecule has 0 atom stereocenters. The maximum Gasteiger partial charge on any atom is 0.243 e. The van der Waals surface area contributed by atoms with Crippen molar-refractivity contribution in [1.29, 1.82) is 0 Å². The molecule has 0 unspecified atom stereocenters. The summed E-state index contributed by atoms with van der Waals surface area (Å²) in [4.78, 5) is 2.64. The number of aryl methyl sites for hydroxylation is 2. The highest BCUT2D eigenvalue weighted by atomic mass is 32.2. The second-order valence-corrected chi connectivity index (χ2v) is 14.7. The summed E-state index contributed by atoms with van der Waals surface area (Å²) < 4.78 is 57.9. The minimum Gasteiger partial charge on any atom is -0.396 e. The van der Waals surface area contributed by atoms with Gasteiger partial charge in [-0.2, -0.15) is 8.61 Å². The van der Waals surface area contributed by atoms with Gasteiger partial charge in [0.25, 0.3) is 0 Å². The van der Waals surface area contributed by atoms with Gasteiger partial charge in [0.1, 0.15) is 0 Å². The first kappa shape index (κ1) is 31.3. The van der Waals surface area contributed by atoms with Gasteiger partial charge < -0.3 is 5.11 Å². The molecule has 1 aliphatic heterocycles. The number of nitrogens with zero attached hydrogens (tertiary/aromatic N) is 3. The van der Waals surface area contributed by atoms with Crippen LogP contribution in [0.2, 0.25) is 0 Å². The number of benzene rings is 3. The molecule has 1 saturated heterocycles. The average Bonchev–Trinajstić information content (AvgIpc) is 2.95. The third-order valence-corrected chi connectivity index (χ3v) is 11.3. The Kier molecular flexibility index (Phi) is 10.7. The number of hydrogen-bond donors (Lipinski definition) is 1. The zero-order valence-electron chi connectivity index (χ0n) is 23.9. The molecule has 0 saturated carbocycles. The highest BCUT2D eigenvalue weighted by Crippen LogP contribution is 2.23. The van der Waals surface area contributed by atoms with Crippen LogP contribution in [0, 0.1) is 19.8 Å². The van der Waals surface area contributed by atoms with Gasteiger partial charge >= 0.3 is 0 Å². The Hall–Kier alpha value is -2.60. The Morgan fingerprint density at radius 2 is 1.10 bits per heavy atom. The van der Waals surface area contributed by atoms with E-state index in [2.05, 4.69) is 17.0 Å². The molecule has 222 valence electrons. The van der Waals surface area contributed by atoms with Crippen LogP contribution in [0.15, 0.2) is 88.7 Å². The third-order valence-electron chi connectivity index (χ3n) is 7.51. The van der Waals surface area contributed by atoms with Gasteiger partial charge in [-0.25, -0.2) is 16.8 Å². The van der Waals surface area contributed by atoms with Gasteiger partial charge in [-0.15, -0.1) is 0 Å². The third kappa shape index (κ3) is 8.24. The van der Waals surface area contributed by atoms with Gasteiger partial charge in [0.05, 0.1) is 9.79 Å². The Bertz CT molecular complexity index is 1370. The molecule has 1 aliphatic rings. The van der Waals surface area contributed by atoms with Crippen LogP contribution in [0.1, 0.15) is 29.5 Å². The highest BCUT2D eigenvalue weighted by molar-refractivity contribution is 7.89. The molecule has 1 fully saturated rings. The van der Waals surface area contributed by atoms with Crippen molar-refractivity contribution >= 4 is 20.0 Å². The minimum atomic E-state index is -3.86. The molecule has 0 aliphatic carbocycles. The predicted octanol–water partition coefficient (Wildman–Crippen LogP) is 3.89. The Labute approximate surface area is 245 Å². The first-order valence-corrected chi connectivity index (χ1v) is 17.0. The minimum absolute atomic E-state index is 0.0192. The van der Waals surface area contributed by atoms with Gasteiger partial charge in [0, 0.05) is 45.2 Å². The Balaban J connectivity index is 1.66. The van der Waals surface area contributed by atoms with Crippen LogP contribution in [0.4, 0.5) is 0 Å². The van der Waals surface area contributed by atoms with E-state index >= 15 is 0 Å². The molecule has 3 aromatic carbocycles. The van der Waals surface area contributed by atoms with Crippen LogP contribution in [-0.2, 0) is 26.6 Å². The van der Waals surface area contributed by atoms with E-state index in [-0.39, 0.29) is 42.6 Å². The quantitative estimate of drug-likeness (QED) is 0.443. The molecule has 4 rings (SSSR count). The van der Waals surface area contributed by atoms with Crippen molar-refractivity contribution in [2.45, 2.75) is 43.0 Å². The van der Waals surface area contributed by atoms with Crippen molar-refractivity contribution in [3.05, 3.63) is 95.6 Å². The van der Waals surface area contributed by atoms with E-state index in [1.54, 1.807) is 48.5 Å². The van der Waals surface area contributed by atoms with Crippen LogP contribution < -0.4 is 0 Å². The standard InChI is InChI=1S/C31H41N3O5S2/c1-26-10-14-30(15-11-26)40(36,37)33-20-6-18-32(22-28-8-4-3-5-9-28)19-7-21-34(24-29(23-33)25-35)41(38,39)31-16-12-27(2)13-17-31/h3-5,8-17,29,35H,6-7,18-25H2,1-2H3. The molecular weight excluding hydrogens is 558 g/mol. The molecule has 3 aromatic rings. The van der Waals surface area contributed by atoms with Crippen molar-refractivity contribution < 1.29 is 21.9 Å². The van der Waals surface area contributed by atoms with E-state index in [1.165, 1.54) is 8.61 Å². The summed E-state index contributed by atoms with van der Waals surface area (Å²) in [6.45, 7) is 6.04. The van der Waals surface area contributed by atoms with Crippen molar-refractivity contribution in [2.75, 3.05) is 45.9 Å². The van der Waals surface area contributed by atoms with Gasteiger partial charge in [0.15, 0.2) is 0 Å². The predicted molar refractivity (Wildman–Crippen MR) is 161 cm³/mol. The van der Waals surface area contributed by atoms with E-state index in [9.17, 15) is 21.9 Å². The molecule has 0 aromatic heterocycles. The average molecular weight is 600 g/mol. The van der Waals surface area contributed by atoms with Crippen molar-refractivity contribution in [2.24, 2.45) is 5.92 Å². The maximum atomic E-state index is 13.8. The summed E-state index contributed by atoms with van der Waals surface area (Å²) >= 11 is 0. The SMILES string of the molecule is Cc1ccc(S(=O)(=O)N2CCCN(Cc3ccccc3)CCCN(S(=O)(=O)c3ccc(C)cc3)CC(CO)C2)cc1. The summed E-state index contributed by atoms with van der Waals surface area (Å²) in [6, 6.07) is 23.6. The fourth-order valence-electron chi connectivity index (χ4n) is 5.14. The van der Waals surface area contributed by atoms with Crippen LogP contribution in [-0.4, -0.2) is 81.3 Å². The lowest BCUT2D eigenvalue weighted by atomic mass is 10.1. The van der Waals surface area contributed by atoms with Crippen LogP contribution in [0.25, 0.3) is 0 Å². The Morgan fingerprint density at radius 1 is 0.659 bits per heavy atom. The number of hydrogen-bond acceptors (Lipinski definition) is 6. The first-order chi connectivity index (χ1) is 19.6. The lowest BCUT2D eigenvalue weighted by Crippen LogP contribution is -2.45. The first-order valence-electron chi connectivity index (χ1n) is 14.1. The number of sulfonamides is 2. The van der Waals surface area contributed by atoms with E-state index < -0.39 is 26.0 Å². The highest BCUT2D eigenvalue weighted by Gasteiger charge is 2.32. The monoisotopic (exact) mass is 599 g/mol. The maximum absolute atomic E-state index is 13.8. The molecule has 10 heteroatoms. The summed E-state index contributed by atoms with van der Waals surface area (Å²) in [5.41, 5.74) is 3.06. The molecule has 0 radical (unpaired) electrons. The Morgan fingerprint density at radius 3 is 1.51 bits per heavy atom. The van der Waals surface area contributed by atoms with Crippen molar-refractivity contribution in [3.8, 4) is 0 Å². The smallest absolute Gasteiger partial charge is 0.243 e. The normalized spacial score (nSPS) is 18.0. The molecule has 1 heterocycles. The lowest BCUT2D eigenvalue weighted by molar-refractivity contribution is 0.164. The van der Waals surface area contributed by atoms with Crippen LogP contribution in [0.5, 0.6) is 0 Å². The molecular formula is C31H41N3O5S2. The second-order valence-electron chi connectivity index (χ2n) is 10.9. The van der Waals surface area contributed by atoms with E-state index in [1.807, 2.05) is 32.0 Å². The van der Waals surface area contributed by atoms with Gasteiger partial charge in [-0.05, 0) is 69.6 Å². The van der Waals surface area contributed by atoms with Gasteiger partial charge in [-0.1, -0.05) is 65.7 Å². The zero-order valence-corrected chi connectivity index (χ0v) is 25.5. The van der Waals surface area contributed by atoms with Gasteiger partial charge in [-0.3, -0.25) is 4.90 Å². The zero-order chi connectivity index (χ0) is 29.5. The largest absolute Gasteiger partial charge is 0.396 e. The van der Waals surface area contributed by atoms with Crippen LogP contribution in [0.3, 0.4) is 0 Å². The summed E-state index contributed by atoms with van der Waals surface area (Å²) in [7, 11) is -7.72. The molecule has 0 spiro atoms. The van der Waals surface area contributed by atoms with Crippen LogP contribution >= 0.6 is 0 Å². The summed E-state index contributed by atoms with van der Waals surface area (Å²) in [6.07, 6.45) is 1.23. The molecule has 0 bridgehead atoms. The second kappa shape index (κ2) is 14.0. The van der Waals surface area contributed by atoms with Crippen molar-refractivity contribution in [3.63, 3.8) is 0 Å². The molecule has 1 N–H and O–H groups in total. The number of aliphatic hydroxyl groups is 1. The molecule has 8 nitrogen and oxygen atoms in total. The van der Waals surface area contributed by atoms with E-state index in [0.29, 0.717) is 32.5 Å². The van der Waals surface area contributed by atoms with E-state index in [0.717, 1.165) is 16.7 Å². The fraction of sp³-hybridized carbons (Fsp3) is 0.419. The lowest BCUT2D eigenvalue weighted by Gasteiger charge is -2.32. The topological polar surface area (TPSA) is 98.2 Å². The summed E-state index contributed by atoms with van der Waals surface area (Å²) in [5, 5.41) is 10.3. The number of rotatable bonds is 7. The van der Waals surface area contributed by atoms with E-state index in [4.69, 9.17) is 0 Å².